The molecule has 3 aromatic rings. The van der Waals surface area contributed by atoms with Gasteiger partial charge < -0.3 is 20.1 Å². The van der Waals surface area contributed by atoms with Gasteiger partial charge in [-0.05, 0) is 40.8 Å². The van der Waals surface area contributed by atoms with Crippen LogP contribution in [-0.4, -0.2) is 42.8 Å². The first kappa shape index (κ1) is 24.0. The highest BCUT2D eigenvalue weighted by Gasteiger charge is 2.29. The Kier molecular flexibility index (Phi) is 7.15. The molecule has 7 heteroatoms. The third kappa shape index (κ3) is 5.04. The lowest BCUT2D eigenvalue weighted by Crippen LogP contribution is -2.40. The van der Waals surface area contributed by atoms with Gasteiger partial charge in [0.2, 0.25) is 5.91 Å². The summed E-state index contributed by atoms with van der Waals surface area (Å²) in [6.45, 7) is 2.06. The van der Waals surface area contributed by atoms with Gasteiger partial charge >= 0.3 is 12.1 Å². The molecular formula is C28H28N2O5. The molecule has 2 amide bonds. The Morgan fingerprint density at radius 3 is 2.11 bits per heavy atom. The lowest BCUT2D eigenvalue weighted by atomic mass is 9.98. The second-order valence-corrected chi connectivity index (χ2v) is 8.55. The van der Waals surface area contributed by atoms with Crippen LogP contribution in [0.15, 0.2) is 72.8 Å². The molecule has 0 aromatic heterocycles. The first-order valence-electron chi connectivity index (χ1n) is 11.6. The first-order chi connectivity index (χ1) is 16.9. The minimum absolute atomic E-state index is 0.0190. The van der Waals surface area contributed by atoms with Crippen molar-refractivity contribution in [3.8, 4) is 11.1 Å². The molecule has 0 saturated carbocycles. The predicted molar refractivity (Wildman–Crippen MR) is 134 cm³/mol. The van der Waals surface area contributed by atoms with Crippen molar-refractivity contribution in [3.05, 3.63) is 89.5 Å². The summed E-state index contributed by atoms with van der Waals surface area (Å²) in [7, 11) is 1.53. The number of carbonyl (C=O) groups is 3. The van der Waals surface area contributed by atoms with Crippen molar-refractivity contribution in [2.75, 3.05) is 18.6 Å². The smallest absolute Gasteiger partial charge is 0.407 e. The summed E-state index contributed by atoms with van der Waals surface area (Å²) in [4.78, 5) is 38.3. The summed E-state index contributed by atoms with van der Waals surface area (Å²) < 4.78 is 5.60. The number of aromatic carboxylic acids is 1. The monoisotopic (exact) mass is 472 g/mol. The van der Waals surface area contributed by atoms with Crippen LogP contribution >= 0.6 is 0 Å². The summed E-state index contributed by atoms with van der Waals surface area (Å²) >= 11 is 0. The maximum absolute atomic E-state index is 12.9. The number of rotatable bonds is 8. The zero-order valence-electron chi connectivity index (χ0n) is 19.7. The molecule has 1 unspecified atom stereocenters. The third-order valence-electron chi connectivity index (χ3n) is 6.45. The van der Waals surface area contributed by atoms with E-state index in [0.717, 1.165) is 22.3 Å². The van der Waals surface area contributed by atoms with Crippen LogP contribution in [0.5, 0.6) is 0 Å². The number of fused-ring (bicyclic) bond motifs is 3. The summed E-state index contributed by atoms with van der Waals surface area (Å²) in [5.41, 5.74) is 4.91. The molecular weight excluding hydrogens is 444 g/mol. The summed E-state index contributed by atoms with van der Waals surface area (Å²) in [5, 5.41) is 12.2. The number of carbonyl (C=O) groups excluding carboxylic acids is 2. The van der Waals surface area contributed by atoms with Crippen molar-refractivity contribution in [2.24, 2.45) is 0 Å². The molecule has 0 saturated heterocycles. The fourth-order valence-corrected chi connectivity index (χ4v) is 4.53. The zero-order chi connectivity index (χ0) is 24.9. The van der Waals surface area contributed by atoms with E-state index < -0.39 is 18.1 Å². The molecule has 4 rings (SSSR count). The minimum atomic E-state index is -1.11. The van der Waals surface area contributed by atoms with Crippen LogP contribution in [0.4, 0.5) is 10.5 Å². The van der Waals surface area contributed by atoms with Crippen LogP contribution in [0.25, 0.3) is 11.1 Å². The van der Waals surface area contributed by atoms with Gasteiger partial charge in [-0.25, -0.2) is 9.59 Å². The van der Waals surface area contributed by atoms with Gasteiger partial charge in [-0.15, -0.1) is 0 Å². The quantitative estimate of drug-likeness (QED) is 0.478. The van der Waals surface area contributed by atoms with Gasteiger partial charge in [-0.2, -0.15) is 0 Å². The average Bonchev–Trinajstić information content (AvgIpc) is 3.20. The second-order valence-electron chi connectivity index (χ2n) is 8.55. The molecule has 7 nitrogen and oxygen atoms in total. The first-order valence-corrected chi connectivity index (χ1v) is 11.6. The van der Waals surface area contributed by atoms with Crippen LogP contribution in [0.1, 0.15) is 47.2 Å². The number of amides is 2. The molecule has 0 bridgehead atoms. The van der Waals surface area contributed by atoms with E-state index in [4.69, 9.17) is 4.74 Å². The predicted octanol–water partition coefficient (Wildman–Crippen LogP) is 5.06. The highest BCUT2D eigenvalue weighted by Crippen LogP contribution is 2.44. The highest BCUT2D eigenvalue weighted by molar-refractivity contribution is 6.01. The Labute approximate surface area is 204 Å². The second kappa shape index (κ2) is 10.4. The molecule has 1 atom stereocenters. The number of nitrogens with zero attached hydrogens (tertiary/aromatic N) is 1. The van der Waals surface area contributed by atoms with E-state index in [1.807, 2.05) is 31.2 Å². The number of anilines is 1. The fraction of sp³-hybridized carbons (Fsp3) is 0.250. The lowest BCUT2D eigenvalue weighted by molar-refractivity contribution is -0.118. The van der Waals surface area contributed by atoms with E-state index in [9.17, 15) is 19.5 Å². The van der Waals surface area contributed by atoms with Crippen molar-refractivity contribution in [1.29, 1.82) is 0 Å². The number of hydrogen-bond donors (Lipinski definition) is 2. The molecule has 3 aromatic carbocycles. The third-order valence-corrected chi connectivity index (χ3v) is 6.45. The van der Waals surface area contributed by atoms with E-state index in [1.165, 1.54) is 18.0 Å². The largest absolute Gasteiger partial charge is 0.478 e. The molecule has 0 spiro atoms. The van der Waals surface area contributed by atoms with Gasteiger partial charge in [0, 0.05) is 25.4 Å². The Balaban J connectivity index is 1.37. The van der Waals surface area contributed by atoms with Gasteiger partial charge in [0.25, 0.3) is 0 Å². The van der Waals surface area contributed by atoms with Crippen LogP contribution in [-0.2, 0) is 9.53 Å². The van der Waals surface area contributed by atoms with E-state index in [0.29, 0.717) is 12.1 Å². The number of para-hydroxylation sites is 1. The number of carboxylic acid groups (broad SMARTS) is 1. The number of carboxylic acids is 1. The molecule has 0 heterocycles. The summed E-state index contributed by atoms with van der Waals surface area (Å²) in [5.74, 6) is -1.46. The molecule has 180 valence electrons. The lowest BCUT2D eigenvalue weighted by Gasteiger charge is -2.23. The average molecular weight is 473 g/mol. The number of benzene rings is 3. The molecule has 1 aliphatic carbocycles. The van der Waals surface area contributed by atoms with Crippen LogP contribution < -0.4 is 10.2 Å². The molecule has 35 heavy (non-hydrogen) atoms. The molecule has 0 radical (unpaired) electrons. The van der Waals surface area contributed by atoms with Crippen molar-refractivity contribution < 1.29 is 24.2 Å². The van der Waals surface area contributed by atoms with Crippen molar-refractivity contribution in [2.45, 2.75) is 31.7 Å². The zero-order valence-corrected chi connectivity index (χ0v) is 19.7. The van der Waals surface area contributed by atoms with Crippen molar-refractivity contribution in [1.82, 2.24) is 5.32 Å². The van der Waals surface area contributed by atoms with Gasteiger partial charge in [0.1, 0.15) is 6.61 Å². The standard InChI is InChI=1S/C28H28N2O5/c1-3-18(16-26(31)30(2)25-15-9-8-14-23(25)27(32)33)29-28(34)35-17-24-21-12-6-4-10-19(21)20-11-5-7-13-22(20)24/h4-15,18,24H,3,16-17H2,1-2H3,(H,29,34)(H,32,33). The van der Waals surface area contributed by atoms with E-state index in [1.54, 1.807) is 18.2 Å². The molecule has 1 aliphatic rings. The van der Waals surface area contributed by atoms with Crippen LogP contribution in [0.2, 0.25) is 0 Å². The van der Waals surface area contributed by atoms with Crippen LogP contribution in [0.3, 0.4) is 0 Å². The molecule has 0 aliphatic heterocycles. The minimum Gasteiger partial charge on any atom is -0.478 e. The Hall–Kier alpha value is -4.13. The van der Waals surface area contributed by atoms with Gasteiger partial charge in [-0.1, -0.05) is 67.6 Å². The topological polar surface area (TPSA) is 95.9 Å². The van der Waals surface area contributed by atoms with Gasteiger partial charge in [-0.3, -0.25) is 4.79 Å². The van der Waals surface area contributed by atoms with Crippen molar-refractivity contribution in [3.63, 3.8) is 0 Å². The maximum atomic E-state index is 12.9. The van der Waals surface area contributed by atoms with E-state index in [2.05, 4.69) is 29.6 Å². The van der Waals surface area contributed by atoms with E-state index >= 15 is 0 Å². The summed E-state index contributed by atoms with van der Waals surface area (Å²) in [6.07, 6.45) is -0.0460. The van der Waals surface area contributed by atoms with Gasteiger partial charge in [0.15, 0.2) is 0 Å². The number of hydrogen-bond acceptors (Lipinski definition) is 4. The Bertz CT molecular complexity index is 1210. The number of nitrogens with one attached hydrogen (secondary N) is 1. The summed E-state index contributed by atoms with van der Waals surface area (Å²) in [6, 6.07) is 22.1. The van der Waals surface area contributed by atoms with Crippen LogP contribution in [0, 0.1) is 0 Å². The van der Waals surface area contributed by atoms with E-state index in [-0.39, 0.29) is 30.4 Å². The fourth-order valence-electron chi connectivity index (χ4n) is 4.53. The Morgan fingerprint density at radius 1 is 0.943 bits per heavy atom. The number of ether oxygens (including phenoxy) is 1. The van der Waals surface area contributed by atoms with Crippen molar-refractivity contribution >= 4 is 23.7 Å². The normalized spacial score (nSPS) is 12.9. The molecule has 0 fully saturated rings. The Morgan fingerprint density at radius 2 is 1.51 bits per heavy atom. The highest BCUT2D eigenvalue weighted by atomic mass is 16.5. The molecule has 2 N–H and O–H groups in total. The number of alkyl carbamates (subject to hydrolysis) is 1. The maximum Gasteiger partial charge on any atom is 0.407 e. The van der Waals surface area contributed by atoms with Gasteiger partial charge in [0.05, 0.1) is 11.3 Å². The SMILES string of the molecule is CCC(CC(=O)N(C)c1ccccc1C(=O)O)NC(=O)OCC1c2ccccc2-c2ccccc21.